The monoisotopic (exact) mass is 234 g/mol. The maximum atomic E-state index is 5.95. The summed E-state index contributed by atoms with van der Waals surface area (Å²) in [6.45, 7) is 2.97. The fourth-order valence-electron chi connectivity index (χ4n) is 1.63. The van der Waals surface area contributed by atoms with E-state index in [2.05, 4.69) is 29.4 Å². The lowest BCUT2D eigenvalue weighted by Crippen LogP contribution is -2.18. The fraction of sp³-hybridized carbons (Fsp3) is 0.231. The molecular weight excluding hydrogens is 220 g/mol. The highest BCUT2D eigenvalue weighted by Gasteiger charge is 2.05. The number of benzene rings is 1. The second kappa shape index (κ2) is 5.19. The largest absolute Gasteiger partial charge is 0.364 e. The van der Waals surface area contributed by atoms with Crippen LogP contribution in [-0.4, -0.2) is 4.98 Å². The molecule has 1 aromatic carbocycles. The average Bonchev–Trinajstić information content (AvgIpc) is 2.78. The molecule has 2 aromatic rings. The van der Waals surface area contributed by atoms with Crippen molar-refractivity contribution in [2.75, 3.05) is 0 Å². The van der Waals surface area contributed by atoms with Gasteiger partial charge in [0, 0.05) is 29.5 Å². The minimum Gasteiger partial charge on any atom is -0.364 e. The summed E-state index contributed by atoms with van der Waals surface area (Å²) < 4.78 is 0. The van der Waals surface area contributed by atoms with E-state index in [1.807, 2.05) is 30.5 Å². The average molecular weight is 235 g/mol. The zero-order valence-electron chi connectivity index (χ0n) is 9.20. The molecule has 1 unspecified atom stereocenters. The molecule has 0 saturated heterocycles. The van der Waals surface area contributed by atoms with Gasteiger partial charge in [-0.25, -0.2) is 0 Å². The van der Waals surface area contributed by atoms with Gasteiger partial charge >= 0.3 is 0 Å². The molecule has 0 fully saturated rings. The third kappa shape index (κ3) is 2.87. The SMILES string of the molecule is CC(NCc1ccc[nH]1)c1cccc(Cl)c1. The van der Waals surface area contributed by atoms with Gasteiger partial charge in [-0.2, -0.15) is 0 Å². The summed E-state index contributed by atoms with van der Waals surface area (Å²) >= 11 is 5.95. The lowest BCUT2D eigenvalue weighted by Gasteiger charge is -2.13. The Labute approximate surface area is 101 Å². The second-order valence-corrected chi connectivity index (χ2v) is 4.29. The number of rotatable bonds is 4. The number of nitrogens with one attached hydrogen (secondary N) is 2. The second-order valence-electron chi connectivity index (χ2n) is 3.85. The maximum absolute atomic E-state index is 5.95. The first kappa shape index (κ1) is 11.2. The zero-order valence-corrected chi connectivity index (χ0v) is 9.96. The van der Waals surface area contributed by atoms with Crippen molar-refractivity contribution < 1.29 is 0 Å². The number of aromatic amines is 1. The molecule has 0 saturated carbocycles. The molecule has 0 spiro atoms. The summed E-state index contributed by atoms with van der Waals surface area (Å²) in [6, 6.07) is 12.3. The lowest BCUT2D eigenvalue weighted by molar-refractivity contribution is 0.569. The van der Waals surface area contributed by atoms with E-state index in [4.69, 9.17) is 11.6 Å². The van der Waals surface area contributed by atoms with Crippen LogP contribution in [-0.2, 0) is 6.54 Å². The summed E-state index contributed by atoms with van der Waals surface area (Å²) in [7, 11) is 0. The highest BCUT2D eigenvalue weighted by molar-refractivity contribution is 6.30. The van der Waals surface area contributed by atoms with Crippen LogP contribution in [0.15, 0.2) is 42.6 Å². The first-order chi connectivity index (χ1) is 7.75. The Kier molecular flexibility index (Phi) is 3.65. The molecule has 0 amide bonds. The summed E-state index contributed by atoms with van der Waals surface area (Å²) in [6.07, 6.45) is 1.93. The van der Waals surface area contributed by atoms with Crippen LogP contribution in [0.25, 0.3) is 0 Å². The van der Waals surface area contributed by atoms with Gasteiger partial charge < -0.3 is 10.3 Å². The number of halogens is 1. The van der Waals surface area contributed by atoms with Gasteiger partial charge in [0.15, 0.2) is 0 Å². The molecule has 16 heavy (non-hydrogen) atoms. The van der Waals surface area contributed by atoms with Crippen molar-refractivity contribution in [3.8, 4) is 0 Å². The molecule has 2 N–H and O–H groups in total. The third-order valence-electron chi connectivity index (χ3n) is 2.61. The summed E-state index contributed by atoms with van der Waals surface area (Å²) in [5, 5.41) is 4.22. The molecule has 84 valence electrons. The minimum absolute atomic E-state index is 0.294. The predicted octanol–water partition coefficient (Wildman–Crippen LogP) is 3.52. The standard InChI is InChI=1S/C13H15ClN2/c1-10(11-4-2-5-12(14)8-11)16-9-13-6-3-7-15-13/h2-8,10,15-16H,9H2,1H3. The van der Waals surface area contributed by atoms with Crippen LogP contribution in [0.4, 0.5) is 0 Å². The van der Waals surface area contributed by atoms with Gasteiger partial charge in [-0.15, -0.1) is 0 Å². The summed E-state index contributed by atoms with van der Waals surface area (Å²) in [5.74, 6) is 0. The first-order valence-electron chi connectivity index (χ1n) is 5.37. The van der Waals surface area contributed by atoms with Crippen molar-refractivity contribution >= 4 is 11.6 Å². The van der Waals surface area contributed by atoms with Crippen molar-refractivity contribution in [2.45, 2.75) is 19.5 Å². The molecule has 1 atom stereocenters. The van der Waals surface area contributed by atoms with E-state index in [1.165, 1.54) is 11.3 Å². The van der Waals surface area contributed by atoms with Crippen LogP contribution < -0.4 is 5.32 Å². The van der Waals surface area contributed by atoms with Crippen molar-refractivity contribution in [3.05, 3.63) is 58.9 Å². The normalized spacial score (nSPS) is 12.6. The third-order valence-corrected chi connectivity index (χ3v) is 2.84. The number of aromatic nitrogens is 1. The van der Waals surface area contributed by atoms with E-state index in [-0.39, 0.29) is 0 Å². The molecule has 0 aliphatic rings. The van der Waals surface area contributed by atoms with Crippen LogP contribution in [0.3, 0.4) is 0 Å². The van der Waals surface area contributed by atoms with Crippen molar-refractivity contribution in [1.29, 1.82) is 0 Å². The number of hydrogen-bond acceptors (Lipinski definition) is 1. The van der Waals surface area contributed by atoms with Crippen molar-refractivity contribution in [2.24, 2.45) is 0 Å². The predicted molar refractivity (Wildman–Crippen MR) is 67.5 cm³/mol. The van der Waals surface area contributed by atoms with E-state index in [1.54, 1.807) is 0 Å². The number of H-pyrrole nitrogens is 1. The zero-order chi connectivity index (χ0) is 11.4. The van der Waals surface area contributed by atoms with Crippen LogP contribution in [0.1, 0.15) is 24.2 Å². The quantitative estimate of drug-likeness (QED) is 0.833. The molecule has 1 aromatic heterocycles. The van der Waals surface area contributed by atoms with E-state index >= 15 is 0 Å². The van der Waals surface area contributed by atoms with Gasteiger partial charge in [0.1, 0.15) is 0 Å². The van der Waals surface area contributed by atoms with Gasteiger partial charge in [0.25, 0.3) is 0 Å². The topological polar surface area (TPSA) is 27.8 Å². The highest BCUT2D eigenvalue weighted by atomic mass is 35.5. The Hall–Kier alpha value is -1.25. The van der Waals surface area contributed by atoms with Crippen LogP contribution >= 0.6 is 11.6 Å². The fourth-order valence-corrected chi connectivity index (χ4v) is 1.83. The van der Waals surface area contributed by atoms with Crippen molar-refractivity contribution in [1.82, 2.24) is 10.3 Å². The molecule has 0 aliphatic carbocycles. The van der Waals surface area contributed by atoms with E-state index in [0.717, 1.165) is 11.6 Å². The molecular formula is C13H15ClN2. The molecule has 2 nitrogen and oxygen atoms in total. The first-order valence-corrected chi connectivity index (χ1v) is 5.74. The molecule has 2 rings (SSSR count). The van der Waals surface area contributed by atoms with Crippen LogP contribution in [0.5, 0.6) is 0 Å². The maximum Gasteiger partial charge on any atom is 0.0409 e. The molecule has 0 bridgehead atoms. The smallest absolute Gasteiger partial charge is 0.0409 e. The Morgan fingerprint density at radius 1 is 1.31 bits per heavy atom. The van der Waals surface area contributed by atoms with Gasteiger partial charge in [-0.05, 0) is 36.8 Å². The van der Waals surface area contributed by atoms with E-state index in [9.17, 15) is 0 Å². The molecule has 0 aliphatic heterocycles. The van der Waals surface area contributed by atoms with Crippen LogP contribution in [0.2, 0.25) is 5.02 Å². The van der Waals surface area contributed by atoms with Gasteiger partial charge in [0.2, 0.25) is 0 Å². The van der Waals surface area contributed by atoms with E-state index in [0.29, 0.717) is 6.04 Å². The van der Waals surface area contributed by atoms with E-state index < -0.39 is 0 Å². The van der Waals surface area contributed by atoms with Gasteiger partial charge in [-0.3, -0.25) is 0 Å². The summed E-state index contributed by atoms with van der Waals surface area (Å²) in [4.78, 5) is 3.17. The van der Waals surface area contributed by atoms with Crippen molar-refractivity contribution in [3.63, 3.8) is 0 Å². The minimum atomic E-state index is 0.294. The Bertz CT molecular complexity index is 437. The Morgan fingerprint density at radius 3 is 2.88 bits per heavy atom. The molecule has 1 heterocycles. The number of hydrogen-bond donors (Lipinski definition) is 2. The molecule has 0 radical (unpaired) electrons. The molecule has 3 heteroatoms. The Morgan fingerprint density at radius 2 is 2.19 bits per heavy atom. The van der Waals surface area contributed by atoms with Gasteiger partial charge in [0.05, 0.1) is 0 Å². The summed E-state index contributed by atoms with van der Waals surface area (Å²) in [5.41, 5.74) is 2.40. The Balaban J connectivity index is 1.95. The van der Waals surface area contributed by atoms with Gasteiger partial charge in [-0.1, -0.05) is 23.7 Å². The highest BCUT2D eigenvalue weighted by Crippen LogP contribution is 2.17. The lowest BCUT2D eigenvalue weighted by atomic mass is 10.1. The van der Waals surface area contributed by atoms with Crippen LogP contribution in [0, 0.1) is 0 Å².